The Labute approximate surface area is 193 Å². The quantitative estimate of drug-likeness (QED) is 0.359. The van der Waals surface area contributed by atoms with Crippen molar-refractivity contribution in [3.63, 3.8) is 0 Å². The molecular formula is C24H21F3N4O3. The van der Waals surface area contributed by atoms with E-state index >= 15 is 0 Å². The van der Waals surface area contributed by atoms with Crippen molar-refractivity contribution in [1.82, 2.24) is 15.3 Å². The van der Waals surface area contributed by atoms with Gasteiger partial charge in [0.05, 0.1) is 18.5 Å². The number of carbonyl (C=O) groups is 2. The highest BCUT2D eigenvalue weighted by atomic mass is 19.4. The highest BCUT2D eigenvalue weighted by molar-refractivity contribution is 6.05. The van der Waals surface area contributed by atoms with Gasteiger partial charge in [-0.3, -0.25) is 9.59 Å². The molecule has 1 heterocycles. The van der Waals surface area contributed by atoms with Crippen LogP contribution >= 0.6 is 0 Å². The summed E-state index contributed by atoms with van der Waals surface area (Å²) in [6, 6.07) is 13.4. The Balaban J connectivity index is 1.80. The number of halogens is 3. The number of imidazole rings is 1. The van der Waals surface area contributed by atoms with Crippen molar-refractivity contribution < 1.29 is 27.5 Å². The monoisotopic (exact) mass is 470 g/mol. The number of carbonyl (C=O) groups excluding carboxylic acids is 2. The van der Waals surface area contributed by atoms with Crippen molar-refractivity contribution >= 4 is 17.5 Å². The zero-order valence-corrected chi connectivity index (χ0v) is 18.1. The molecule has 0 atom stereocenters. The van der Waals surface area contributed by atoms with Crippen molar-refractivity contribution in [2.24, 2.45) is 0 Å². The number of nitrogens with one attached hydrogen (secondary N) is 3. The first-order valence-electron chi connectivity index (χ1n) is 10.2. The zero-order chi connectivity index (χ0) is 24.6. The number of aromatic amines is 1. The molecule has 0 unspecified atom stereocenters. The smallest absolute Gasteiger partial charge is 0.432 e. The maximum atomic E-state index is 12.9. The van der Waals surface area contributed by atoms with E-state index < -0.39 is 17.8 Å². The Morgan fingerprint density at radius 2 is 1.91 bits per heavy atom. The van der Waals surface area contributed by atoms with Crippen molar-refractivity contribution in [2.75, 3.05) is 18.5 Å². The Morgan fingerprint density at radius 1 is 1.15 bits per heavy atom. The summed E-state index contributed by atoms with van der Waals surface area (Å²) >= 11 is 0. The van der Waals surface area contributed by atoms with Crippen LogP contribution in [0.5, 0.6) is 5.75 Å². The average molecular weight is 470 g/mol. The molecule has 10 heteroatoms. The summed E-state index contributed by atoms with van der Waals surface area (Å²) in [7, 11) is 0. The van der Waals surface area contributed by atoms with Crippen LogP contribution < -0.4 is 15.4 Å². The molecule has 3 N–H and O–H groups in total. The number of rotatable bonds is 7. The highest BCUT2D eigenvalue weighted by Crippen LogP contribution is 2.32. The molecule has 0 aliphatic heterocycles. The van der Waals surface area contributed by atoms with E-state index in [1.807, 2.05) is 6.07 Å². The third-order valence-electron chi connectivity index (χ3n) is 4.43. The lowest BCUT2D eigenvalue weighted by atomic mass is 10.1. The SMILES string of the molecule is CC(=O)NCCCOc1ccc(-c2ncc(C(F)(F)F)[nH]2)cc1NC(=O)C#Cc1ccccc1. The first-order chi connectivity index (χ1) is 16.2. The van der Waals surface area contributed by atoms with Gasteiger partial charge >= 0.3 is 12.1 Å². The van der Waals surface area contributed by atoms with Crippen LogP contribution in [0.2, 0.25) is 0 Å². The predicted molar refractivity (Wildman–Crippen MR) is 120 cm³/mol. The Hall–Kier alpha value is -4.26. The number of nitrogens with zero attached hydrogens (tertiary/aromatic N) is 1. The normalized spacial score (nSPS) is 10.7. The molecule has 0 radical (unpaired) electrons. The van der Waals surface area contributed by atoms with E-state index in [4.69, 9.17) is 4.74 Å². The van der Waals surface area contributed by atoms with Gasteiger partial charge in [0.15, 0.2) is 0 Å². The maximum Gasteiger partial charge on any atom is 0.432 e. The van der Waals surface area contributed by atoms with Crippen LogP contribution in [0.15, 0.2) is 54.7 Å². The van der Waals surface area contributed by atoms with Crippen LogP contribution in [-0.2, 0) is 15.8 Å². The Bertz CT molecular complexity index is 1210. The number of benzene rings is 2. The molecule has 2 aromatic carbocycles. The van der Waals surface area contributed by atoms with Gasteiger partial charge in [0, 0.05) is 30.5 Å². The molecule has 7 nitrogen and oxygen atoms in total. The van der Waals surface area contributed by atoms with E-state index in [2.05, 4.69) is 32.4 Å². The van der Waals surface area contributed by atoms with E-state index in [1.165, 1.54) is 25.1 Å². The van der Waals surface area contributed by atoms with Gasteiger partial charge in [0.1, 0.15) is 17.3 Å². The summed E-state index contributed by atoms with van der Waals surface area (Å²) in [6.45, 7) is 2.05. The topological polar surface area (TPSA) is 96.1 Å². The lowest BCUT2D eigenvalue weighted by molar-refractivity contribution is -0.140. The first kappa shape index (κ1) is 24.4. The van der Waals surface area contributed by atoms with Gasteiger partial charge in [-0.25, -0.2) is 4.98 Å². The van der Waals surface area contributed by atoms with Gasteiger partial charge in [-0.2, -0.15) is 13.2 Å². The van der Waals surface area contributed by atoms with Gasteiger partial charge in [0.25, 0.3) is 0 Å². The van der Waals surface area contributed by atoms with Crippen molar-refractivity contribution in [2.45, 2.75) is 19.5 Å². The van der Waals surface area contributed by atoms with Crippen molar-refractivity contribution in [1.29, 1.82) is 0 Å². The van der Waals surface area contributed by atoms with Gasteiger partial charge < -0.3 is 20.4 Å². The van der Waals surface area contributed by atoms with Gasteiger partial charge in [0.2, 0.25) is 5.91 Å². The fourth-order valence-electron chi connectivity index (χ4n) is 2.84. The number of amides is 2. The van der Waals surface area contributed by atoms with E-state index in [-0.39, 0.29) is 24.0 Å². The zero-order valence-electron chi connectivity index (χ0n) is 18.1. The van der Waals surface area contributed by atoms with Gasteiger partial charge in [-0.1, -0.05) is 24.1 Å². The lowest BCUT2D eigenvalue weighted by Gasteiger charge is -2.13. The molecular weight excluding hydrogens is 449 g/mol. The maximum absolute atomic E-state index is 12.9. The van der Waals surface area contributed by atoms with E-state index in [0.29, 0.717) is 36.0 Å². The van der Waals surface area contributed by atoms with Crippen LogP contribution in [0.4, 0.5) is 18.9 Å². The van der Waals surface area contributed by atoms with Gasteiger partial charge in [-0.15, -0.1) is 0 Å². The molecule has 3 aromatic rings. The van der Waals surface area contributed by atoms with E-state index in [1.54, 1.807) is 24.3 Å². The third kappa shape index (κ3) is 7.13. The molecule has 0 saturated heterocycles. The second kappa shape index (κ2) is 11.0. The Kier molecular flexibility index (Phi) is 7.92. The van der Waals surface area contributed by atoms with E-state index in [9.17, 15) is 22.8 Å². The number of anilines is 1. The molecule has 0 aliphatic rings. The lowest BCUT2D eigenvalue weighted by Crippen LogP contribution is -2.22. The van der Waals surface area contributed by atoms with Crippen LogP contribution in [0.25, 0.3) is 11.4 Å². The number of hydrogen-bond donors (Lipinski definition) is 3. The number of ether oxygens (including phenoxy) is 1. The molecule has 0 spiro atoms. The molecule has 1 aromatic heterocycles. The highest BCUT2D eigenvalue weighted by Gasteiger charge is 2.33. The Morgan fingerprint density at radius 3 is 2.59 bits per heavy atom. The molecule has 176 valence electrons. The molecule has 0 aliphatic carbocycles. The van der Waals surface area contributed by atoms with Crippen LogP contribution in [0.3, 0.4) is 0 Å². The number of hydrogen-bond acceptors (Lipinski definition) is 4. The minimum Gasteiger partial charge on any atom is -0.491 e. The fourth-order valence-corrected chi connectivity index (χ4v) is 2.84. The second-order valence-corrected chi connectivity index (χ2v) is 7.11. The predicted octanol–water partition coefficient (Wildman–Crippen LogP) is 3.99. The summed E-state index contributed by atoms with van der Waals surface area (Å²) in [4.78, 5) is 29.4. The first-order valence-corrected chi connectivity index (χ1v) is 10.2. The minimum absolute atomic E-state index is 0.0181. The van der Waals surface area contributed by atoms with Crippen molar-refractivity contribution in [3.8, 4) is 29.0 Å². The number of H-pyrrole nitrogens is 1. The summed E-state index contributed by atoms with van der Waals surface area (Å²) < 4.78 is 44.5. The second-order valence-electron chi connectivity index (χ2n) is 7.11. The fraction of sp³-hybridized carbons (Fsp3) is 0.208. The largest absolute Gasteiger partial charge is 0.491 e. The molecule has 2 amide bonds. The summed E-state index contributed by atoms with van der Waals surface area (Å²) in [5.74, 6) is 4.70. The van der Waals surface area contributed by atoms with E-state index in [0.717, 1.165) is 0 Å². The molecule has 0 saturated carbocycles. The summed E-state index contributed by atoms with van der Waals surface area (Å²) in [5.41, 5.74) is 0.193. The number of aromatic nitrogens is 2. The van der Waals surface area contributed by atoms with Gasteiger partial charge in [-0.05, 0) is 36.8 Å². The standard InChI is InChI=1S/C24H21F3N4O3/c1-16(32)28-12-5-13-34-20-10-9-18(23-29-15-21(31-23)24(25,26)27)14-19(20)30-22(33)11-8-17-6-3-2-4-7-17/h2-4,6-7,9-10,14-15H,5,12-13H2,1H3,(H,28,32)(H,29,31)(H,30,33). The van der Waals surface area contributed by atoms with Crippen LogP contribution in [0, 0.1) is 11.8 Å². The third-order valence-corrected chi connectivity index (χ3v) is 4.43. The van der Waals surface area contributed by atoms with Crippen LogP contribution in [-0.4, -0.2) is 34.9 Å². The molecule has 3 rings (SSSR count). The number of alkyl halides is 3. The molecule has 0 fully saturated rings. The summed E-state index contributed by atoms with van der Waals surface area (Å²) in [6.07, 6.45) is -3.35. The average Bonchev–Trinajstić information content (AvgIpc) is 3.30. The van der Waals surface area contributed by atoms with Crippen molar-refractivity contribution in [3.05, 3.63) is 66.0 Å². The van der Waals surface area contributed by atoms with Crippen LogP contribution in [0.1, 0.15) is 24.6 Å². The minimum atomic E-state index is -4.56. The molecule has 34 heavy (non-hydrogen) atoms. The summed E-state index contributed by atoms with van der Waals surface area (Å²) in [5, 5.41) is 5.26. The molecule has 0 bridgehead atoms.